The summed E-state index contributed by atoms with van der Waals surface area (Å²) in [6.45, 7) is 2.39. The monoisotopic (exact) mass is 258 g/mol. The molecule has 0 nitrogen and oxygen atoms in total. The SMILES string of the molecule is CC1CCC(CSCC2CCC(F)CC2)CC1. The van der Waals surface area contributed by atoms with E-state index in [9.17, 15) is 4.39 Å². The van der Waals surface area contributed by atoms with Gasteiger partial charge in [0, 0.05) is 0 Å². The molecule has 0 radical (unpaired) electrons. The van der Waals surface area contributed by atoms with Crippen LogP contribution in [0.3, 0.4) is 0 Å². The smallest absolute Gasteiger partial charge is 0.100 e. The molecule has 2 fully saturated rings. The molecule has 0 aromatic carbocycles. The molecule has 0 atom stereocenters. The Labute approximate surface area is 110 Å². The van der Waals surface area contributed by atoms with Crippen molar-refractivity contribution in [3.8, 4) is 0 Å². The highest BCUT2D eigenvalue weighted by Gasteiger charge is 2.22. The quantitative estimate of drug-likeness (QED) is 0.678. The van der Waals surface area contributed by atoms with Crippen molar-refractivity contribution in [1.29, 1.82) is 0 Å². The Bertz CT molecular complexity index is 181. The number of thioether (sulfide) groups is 1. The van der Waals surface area contributed by atoms with Crippen LogP contribution in [0.1, 0.15) is 58.3 Å². The highest BCUT2D eigenvalue weighted by atomic mass is 32.2. The molecule has 0 N–H and O–H groups in total. The van der Waals surface area contributed by atoms with Gasteiger partial charge in [-0.25, -0.2) is 4.39 Å². The van der Waals surface area contributed by atoms with E-state index in [1.165, 1.54) is 37.2 Å². The maximum atomic E-state index is 13.0. The summed E-state index contributed by atoms with van der Waals surface area (Å²) in [5.74, 6) is 5.42. The molecule has 0 aliphatic heterocycles. The van der Waals surface area contributed by atoms with E-state index in [1.807, 2.05) is 0 Å². The maximum Gasteiger partial charge on any atom is 0.100 e. The van der Waals surface area contributed by atoms with Gasteiger partial charge in [-0.05, 0) is 67.8 Å². The van der Waals surface area contributed by atoms with Crippen molar-refractivity contribution < 1.29 is 4.39 Å². The van der Waals surface area contributed by atoms with Gasteiger partial charge in [0.25, 0.3) is 0 Å². The van der Waals surface area contributed by atoms with E-state index in [1.54, 1.807) is 0 Å². The lowest BCUT2D eigenvalue weighted by atomic mass is 9.84. The van der Waals surface area contributed by atoms with E-state index >= 15 is 0 Å². The minimum Gasteiger partial charge on any atom is -0.247 e. The van der Waals surface area contributed by atoms with Crippen molar-refractivity contribution in [2.45, 2.75) is 64.5 Å². The van der Waals surface area contributed by atoms with Gasteiger partial charge in [-0.15, -0.1) is 0 Å². The third kappa shape index (κ3) is 4.81. The number of alkyl halides is 1. The van der Waals surface area contributed by atoms with Gasteiger partial charge in [-0.3, -0.25) is 0 Å². The summed E-state index contributed by atoms with van der Waals surface area (Å²) >= 11 is 2.15. The Morgan fingerprint density at radius 3 is 1.82 bits per heavy atom. The molecule has 2 aliphatic carbocycles. The van der Waals surface area contributed by atoms with E-state index in [4.69, 9.17) is 0 Å². The average Bonchev–Trinajstić information content (AvgIpc) is 2.34. The fourth-order valence-corrected chi connectivity index (χ4v) is 4.66. The van der Waals surface area contributed by atoms with Crippen molar-refractivity contribution in [3.05, 3.63) is 0 Å². The fourth-order valence-electron chi connectivity index (χ4n) is 3.19. The first-order valence-corrected chi connectivity index (χ1v) is 8.61. The van der Waals surface area contributed by atoms with Gasteiger partial charge in [0.15, 0.2) is 0 Å². The van der Waals surface area contributed by atoms with Crippen molar-refractivity contribution in [3.63, 3.8) is 0 Å². The molecule has 0 spiro atoms. The Morgan fingerprint density at radius 2 is 1.29 bits per heavy atom. The second-order valence-electron chi connectivity index (χ2n) is 6.28. The van der Waals surface area contributed by atoms with Crippen LogP contribution in [0.4, 0.5) is 4.39 Å². The van der Waals surface area contributed by atoms with Crippen LogP contribution in [-0.2, 0) is 0 Å². The summed E-state index contributed by atoms with van der Waals surface area (Å²) in [7, 11) is 0. The Balaban J connectivity index is 1.54. The second-order valence-corrected chi connectivity index (χ2v) is 7.36. The van der Waals surface area contributed by atoms with E-state index in [-0.39, 0.29) is 0 Å². The predicted octanol–water partition coefficient (Wildman–Crippen LogP) is 5.07. The summed E-state index contributed by atoms with van der Waals surface area (Å²) < 4.78 is 13.0. The highest BCUT2D eigenvalue weighted by molar-refractivity contribution is 7.99. The van der Waals surface area contributed by atoms with E-state index in [2.05, 4.69) is 18.7 Å². The second kappa shape index (κ2) is 7.01. The third-order valence-corrected chi connectivity index (χ3v) is 6.03. The summed E-state index contributed by atoms with van der Waals surface area (Å²) in [5, 5.41) is 0. The molecule has 100 valence electrons. The van der Waals surface area contributed by atoms with Gasteiger partial charge in [0.1, 0.15) is 6.17 Å². The minimum absolute atomic E-state index is 0.490. The molecule has 0 aromatic heterocycles. The molecule has 0 aromatic rings. The van der Waals surface area contributed by atoms with Crippen molar-refractivity contribution in [1.82, 2.24) is 0 Å². The molecule has 17 heavy (non-hydrogen) atoms. The van der Waals surface area contributed by atoms with E-state index in [0.29, 0.717) is 0 Å². The van der Waals surface area contributed by atoms with Gasteiger partial charge in [0.2, 0.25) is 0 Å². The Hall–Kier alpha value is 0.280. The van der Waals surface area contributed by atoms with Gasteiger partial charge in [-0.2, -0.15) is 11.8 Å². The Kier molecular flexibility index (Phi) is 5.65. The average molecular weight is 258 g/mol. The lowest BCUT2D eigenvalue weighted by molar-refractivity contribution is 0.217. The summed E-state index contributed by atoms with van der Waals surface area (Å²) in [5.41, 5.74) is 0. The van der Waals surface area contributed by atoms with Crippen LogP contribution in [0.15, 0.2) is 0 Å². The van der Waals surface area contributed by atoms with Crippen molar-refractivity contribution >= 4 is 11.8 Å². The molecular weight excluding hydrogens is 231 g/mol. The number of hydrogen-bond acceptors (Lipinski definition) is 1. The molecule has 0 unspecified atom stereocenters. The van der Waals surface area contributed by atoms with Crippen LogP contribution >= 0.6 is 11.8 Å². The van der Waals surface area contributed by atoms with E-state index in [0.717, 1.165) is 43.4 Å². The van der Waals surface area contributed by atoms with Gasteiger partial charge < -0.3 is 0 Å². The number of hydrogen-bond donors (Lipinski definition) is 0. The lowest BCUT2D eigenvalue weighted by Gasteiger charge is -2.27. The molecule has 0 bridgehead atoms. The summed E-state index contributed by atoms with van der Waals surface area (Å²) in [6.07, 6.45) is 9.22. The van der Waals surface area contributed by atoms with Gasteiger partial charge in [-0.1, -0.05) is 19.8 Å². The van der Waals surface area contributed by atoms with Crippen LogP contribution in [0.5, 0.6) is 0 Å². The number of halogens is 1. The molecule has 0 amide bonds. The predicted molar refractivity (Wildman–Crippen MR) is 75.3 cm³/mol. The molecule has 0 saturated heterocycles. The highest BCUT2D eigenvalue weighted by Crippen LogP contribution is 2.33. The molecule has 2 saturated carbocycles. The van der Waals surface area contributed by atoms with Crippen molar-refractivity contribution in [2.24, 2.45) is 17.8 Å². The fraction of sp³-hybridized carbons (Fsp3) is 1.00. The van der Waals surface area contributed by atoms with Crippen LogP contribution < -0.4 is 0 Å². The lowest BCUT2D eigenvalue weighted by Crippen LogP contribution is -2.18. The molecular formula is C15H27FS. The van der Waals surface area contributed by atoms with E-state index < -0.39 is 6.17 Å². The Morgan fingerprint density at radius 1 is 0.824 bits per heavy atom. The minimum atomic E-state index is -0.490. The molecule has 2 aliphatic rings. The van der Waals surface area contributed by atoms with Crippen LogP contribution in [-0.4, -0.2) is 17.7 Å². The molecule has 2 heteroatoms. The normalized spacial score (nSPS) is 39.2. The zero-order chi connectivity index (χ0) is 12.1. The molecule has 0 heterocycles. The van der Waals surface area contributed by atoms with Crippen molar-refractivity contribution in [2.75, 3.05) is 11.5 Å². The van der Waals surface area contributed by atoms with Crippen LogP contribution in [0.25, 0.3) is 0 Å². The third-order valence-electron chi connectivity index (χ3n) is 4.62. The molecule has 2 rings (SSSR count). The number of rotatable bonds is 4. The first-order valence-electron chi connectivity index (χ1n) is 7.46. The zero-order valence-corrected chi connectivity index (χ0v) is 12.0. The maximum absolute atomic E-state index is 13.0. The first-order chi connectivity index (χ1) is 8.24. The van der Waals surface area contributed by atoms with Crippen LogP contribution in [0.2, 0.25) is 0 Å². The summed E-state index contributed by atoms with van der Waals surface area (Å²) in [4.78, 5) is 0. The van der Waals surface area contributed by atoms with Gasteiger partial charge in [0.05, 0.1) is 0 Å². The standard InChI is InChI=1S/C15H27FS/c1-12-2-4-13(5-3-12)10-17-11-14-6-8-15(16)9-7-14/h12-15H,2-11H2,1H3. The topological polar surface area (TPSA) is 0 Å². The van der Waals surface area contributed by atoms with Gasteiger partial charge >= 0.3 is 0 Å². The first kappa shape index (κ1) is 13.7. The van der Waals surface area contributed by atoms with Crippen LogP contribution in [0, 0.1) is 17.8 Å². The largest absolute Gasteiger partial charge is 0.247 e. The summed E-state index contributed by atoms with van der Waals surface area (Å²) in [6, 6.07) is 0. The zero-order valence-electron chi connectivity index (χ0n) is 11.2.